The minimum absolute atomic E-state index is 0. The van der Waals surface area contributed by atoms with Crippen LogP contribution in [0.5, 0.6) is 0 Å². The third-order valence-corrected chi connectivity index (χ3v) is 8.64. The highest BCUT2D eigenvalue weighted by Gasteiger charge is 2.49. The van der Waals surface area contributed by atoms with Crippen LogP contribution in [0.2, 0.25) is 0 Å². The number of carbonyl (C=O) groups is 2. The first-order valence-corrected chi connectivity index (χ1v) is 14.1. The molecule has 2 aromatic rings. The fraction of sp³-hybridized carbons (Fsp3) is 0.462. The molecule has 6 rings (SSSR count). The van der Waals surface area contributed by atoms with Gasteiger partial charge >= 0.3 is 12.4 Å². The number of hydrogen-bond donors (Lipinski definition) is 2. The molecule has 0 saturated carbocycles. The molecule has 4 atom stereocenters. The second-order valence-corrected chi connectivity index (χ2v) is 12.0. The van der Waals surface area contributed by atoms with E-state index in [1.54, 1.807) is 12.1 Å². The highest BCUT2D eigenvalue weighted by molar-refractivity contribution is 9.10. The van der Waals surface area contributed by atoms with Crippen LogP contribution in [0.1, 0.15) is 68.9 Å². The molecule has 6 nitrogen and oxygen atoms in total. The van der Waals surface area contributed by atoms with Crippen molar-refractivity contribution in [1.29, 1.82) is 0 Å². The van der Waals surface area contributed by atoms with Gasteiger partial charge in [-0.1, -0.05) is 31.9 Å². The van der Waals surface area contributed by atoms with Gasteiger partial charge in [-0.15, -0.1) is 24.8 Å². The van der Waals surface area contributed by atoms with Gasteiger partial charge in [0.2, 0.25) is 0 Å². The summed E-state index contributed by atoms with van der Waals surface area (Å²) in [5.74, 6) is -1.03. The van der Waals surface area contributed by atoms with Gasteiger partial charge in [0.05, 0.1) is 34.3 Å². The predicted molar refractivity (Wildman–Crippen MR) is 155 cm³/mol. The fourth-order valence-corrected chi connectivity index (χ4v) is 7.08. The predicted octanol–water partition coefficient (Wildman–Crippen LogP) is 6.76. The topological polar surface area (TPSA) is 64.7 Å². The highest BCUT2D eigenvalue weighted by atomic mass is 79.9. The quantitative estimate of drug-likeness (QED) is 0.291. The Bertz CT molecular complexity index is 1290. The number of carbonyl (C=O) groups excluding carboxylic acids is 2. The molecule has 0 spiro atoms. The number of hydrogen-bond acceptors (Lipinski definition) is 4. The van der Waals surface area contributed by atoms with Gasteiger partial charge in [-0.3, -0.25) is 9.59 Å². The lowest BCUT2D eigenvalue weighted by atomic mass is 9.95. The molecule has 2 saturated heterocycles. The van der Waals surface area contributed by atoms with E-state index < -0.39 is 35.3 Å². The Morgan fingerprint density at radius 1 is 0.690 bits per heavy atom. The number of rotatable bonds is 0. The first kappa shape index (κ1) is 34.9. The zero-order chi connectivity index (χ0) is 29.3. The molecule has 2 aromatic carbocycles. The first-order chi connectivity index (χ1) is 18.6. The van der Waals surface area contributed by atoms with Gasteiger partial charge in [0, 0.05) is 47.2 Å². The number of nitrogens with one attached hydrogen (secondary N) is 2. The largest absolute Gasteiger partial charge is 0.417 e. The lowest BCUT2D eigenvalue weighted by Gasteiger charge is -2.36. The fourth-order valence-electron chi connectivity index (χ4n) is 6.13. The molecule has 42 heavy (non-hydrogen) atoms. The van der Waals surface area contributed by atoms with Crippen molar-refractivity contribution in [2.75, 3.05) is 26.2 Å². The van der Waals surface area contributed by atoms with E-state index in [1.807, 2.05) is 13.8 Å². The van der Waals surface area contributed by atoms with Crippen LogP contribution in [-0.4, -0.2) is 59.9 Å². The van der Waals surface area contributed by atoms with E-state index >= 15 is 0 Å². The maximum atomic E-state index is 13.2. The van der Waals surface area contributed by atoms with Crippen molar-refractivity contribution in [3.8, 4) is 0 Å². The van der Waals surface area contributed by atoms with Gasteiger partial charge in [0.15, 0.2) is 0 Å². The van der Waals surface area contributed by atoms with Crippen molar-refractivity contribution in [1.82, 2.24) is 20.4 Å². The number of amides is 2. The van der Waals surface area contributed by atoms with E-state index in [4.69, 9.17) is 0 Å². The summed E-state index contributed by atoms with van der Waals surface area (Å²) in [4.78, 5) is 27.7. The van der Waals surface area contributed by atoms with Crippen molar-refractivity contribution in [2.45, 2.75) is 50.4 Å². The molecule has 232 valence electrons. The normalized spacial score (nSPS) is 24.4. The third-order valence-electron chi connectivity index (χ3n) is 7.72. The zero-order valence-electron chi connectivity index (χ0n) is 22.0. The van der Waals surface area contributed by atoms with Crippen LogP contribution in [0.3, 0.4) is 0 Å². The molecule has 4 heterocycles. The summed E-state index contributed by atoms with van der Waals surface area (Å²) < 4.78 is 79.7. The maximum Gasteiger partial charge on any atom is 0.417 e. The molecular formula is C26H26Br2Cl2F6N4O2. The van der Waals surface area contributed by atoms with E-state index in [9.17, 15) is 35.9 Å². The SMILES string of the molecule is C[C@@H]1NCCN2C(=O)c3c(cc(Br)cc3C(F)(F)F)[C@H]12.C[C@H]1NCCN2C(=O)c3c(cc(Br)cc3C(F)(F)F)[C@@H]12.Cl.Cl. The minimum atomic E-state index is -4.53. The number of alkyl halides is 6. The Kier molecular flexibility index (Phi) is 10.3. The van der Waals surface area contributed by atoms with Crippen molar-refractivity contribution < 1.29 is 35.9 Å². The Balaban J connectivity index is 0.000000220. The van der Waals surface area contributed by atoms with Crippen molar-refractivity contribution in [2.24, 2.45) is 0 Å². The summed E-state index contributed by atoms with van der Waals surface area (Å²) in [5, 5.41) is 6.40. The Morgan fingerprint density at radius 3 is 1.33 bits per heavy atom. The van der Waals surface area contributed by atoms with Crippen molar-refractivity contribution in [3.05, 3.63) is 66.6 Å². The number of fused-ring (bicyclic) bond motifs is 6. The third kappa shape index (κ3) is 6.03. The van der Waals surface area contributed by atoms with E-state index in [0.29, 0.717) is 46.3 Å². The van der Waals surface area contributed by atoms with Crippen LogP contribution in [0.15, 0.2) is 33.2 Å². The minimum Gasteiger partial charge on any atom is -0.329 e. The lowest BCUT2D eigenvalue weighted by Crippen LogP contribution is -2.50. The summed E-state index contributed by atoms with van der Waals surface area (Å²) >= 11 is 6.23. The smallest absolute Gasteiger partial charge is 0.329 e. The van der Waals surface area contributed by atoms with E-state index in [2.05, 4.69) is 42.5 Å². The van der Waals surface area contributed by atoms with E-state index in [-0.39, 0.29) is 60.1 Å². The Hall–Kier alpha value is -1.58. The van der Waals surface area contributed by atoms with Gasteiger partial charge in [0.25, 0.3) is 11.8 Å². The molecule has 0 aromatic heterocycles. The molecule has 16 heteroatoms. The van der Waals surface area contributed by atoms with Crippen LogP contribution >= 0.6 is 56.7 Å². The van der Waals surface area contributed by atoms with Gasteiger partial charge in [-0.05, 0) is 49.2 Å². The summed E-state index contributed by atoms with van der Waals surface area (Å²) in [6.45, 7) is 5.81. The number of benzene rings is 2. The molecule has 0 radical (unpaired) electrons. The van der Waals surface area contributed by atoms with Gasteiger partial charge in [0.1, 0.15) is 0 Å². The molecule has 0 unspecified atom stereocenters. The molecule has 2 N–H and O–H groups in total. The lowest BCUT2D eigenvalue weighted by molar-refractivity contribution is -0.138. The van der Waals surface area contributed by atoms with Crippen LogP contribution in [0.25, 0.3) is 0 Å². The van der Waals surface area contributed by atoms with E-state index in [0.717, 1.165) is 12.1 Å². The van der Waals surface area contributed by atoms with Crippen molar-refractivity contribution in [3.63, 3.8) is 0 Å². The maximum absolute atomic E-state index is 13.2. The van der Waals surface area contributed by atoms with Crippen LogP contribution in [0, 0.1) is 0 Å². The summed E-state index contributed by atoms with van der Waals surface area (Å²) in [6, 6.07) is 4.41. The highest BCUT2D eigenvalue weighted by Crippen LogP contribution is 2.46. The first-order valence-electron chi connectivity index (χ1n) is 12.5. The molecule has 2 fully saturated rings. The molecule has 0 bridgehead atoms. The average molecular weight is 771 g/mol. The van der Waals surface area contributed by atoms with Crippen molar-refractivity contribution >= 4 is 68.5 Å². The molecule has 4 aliphatic rings. The number of nitrogens with zero attached hydrogens (tertiary/aromatic N) is 2. The number of halogens is 10. The monoisotopic (exact) mass is 768 g/mol. The van der Waals surface area contributed by atoms with Crippen LogP contribution in [0.4, 0.5) is 26.3 Å². The summed E-state index contributed by atoms with van der Waals surface area (Å²) in [5.41, 5.74) is -1.18. The summed E-state index contributed by atoms with van der Waals surface area (Å²) in [6.07, 6.45) is -9.07. The van der Waals surface area contributed by atoms with E-state index in [1.165, 1.54) is 9.80 Å². The number of piperazine rings is 2. The van der Waals surface area contributed by atoms with Crippen LogP contribution in [-0.2, 0) is 12.4 Å². The molecule has 4 aliphatic heterocycles. The Labute approximate surface area is 267 Å². The van der Waals surface area contributed by atoms with Gasteiger partial charge < -0.3 is 20.4 Å². The molecule has 2 amide bonds. The second-order valence-electron chi connectivity index (χ2n) is 10.2. The molecular weight excluding hydrogens is 745 g/mol. The van der Waals surface area contributed by atoms with Crippen LogP contribution < -0.4 is 10.6 Å². The summed E-state index contributed by atoms with van der Waals surface area (Å²) in [7, 11) is 0. The van der Waals surface area contributed by atoms with Gasteiger partial charge in [-0.2, -0.15) is 26.3 Å². The Morgan fingerprint density at radius 2 is 1.02 bits per heavy atom. The standard InChI is InChI=1S/2C13H12BrF3N2O.2ClH/c2*1-6-11-8-4-7(14)5-9(13(15,16)17)10(8)12(20)19(11)3-2-18-6;;/h2*4-6,11,18H,2-3H2,1H3;2*1H/t2*6-,11-;;/m10../s1. The van der Waals surface area contributed by atoms with Gasteiger partial charge in [-0.25, -0.2) is 0 Å². The zero-order valence-corrected chi connectivity index (χ0v) is 26.8. The second kappa shape index (κ2) is 12.4. The molecule has 0 aliphatic carbocycles. The average Bonchev–Trinajstić information content (AvgIpc) is 3.30.